The molecule has 0 fully saturated rings. The van der Waals surface area contributed by atoms with Crippen LogP contribution in [0.25, 0.3) is 0 Å². The fourth-order valence-electron chi connectivity index (χ4n) is 1.34. The molecule has 16 heavy (non-hydrogen) atoms. The van der Waals surface area contributed by atoms with E-state index < -0.39 is 0 Å². The average molecular weight is 282 g/mol. The summed E-state index contributed by atoms with van der Waals surface area (Å²) in [5.41, 5.74) is 0.862. The van der Waals surface area contributed by atoms with Crippen molar-refractivity contribution in [1.82, 2.24) is 9.97 Å². The van der Waals surface area contributed by atoms with E-state index in [-0.39, 0.29) is 5.82 Å². The highest BCUT2D eigenvalue weighted by atomic mass is 79.9. The van der Waals surface area contributed by atoms with E-state index in [0.717, 1.165) is 16.0 Å². The van der Waals surface area contributed by atoms with Gasteiger partial charge in [-0.05, 0) is 40.2 Å². The van der Waals surface area contributed by atoms with Crippen LogP contribution in [0.15, 0.2) is 41.3 Å². The third-order valence-electron chi connectivity index (χ3n) is 2.18. The summed E-state index contributed by atoms with van der Waals surface area (Å²) in [7, 11) is 1.86. The molecule has 1 heterocycles. The Hall–Kier alpha value is -1.49. The van der Waals surface area contributed by atoms with Crippen LogP contribution in [0.2, 0.25) is 0 Å². The number of aromatic nitrogens is 2. The maximum Gasteiger partial charge on any atom is 0.150 e. The molecule has 82 valence electrons. The summed E-state index contributed by atoms with van der Waals surface area (Å²) in [6.07, 6.45) is 3.14. The van der Waals surface area contributed by atoms with E-state index in [9.17, 15) is 4.39 Å². The van der Waals surface area contributed by atoms with Crippen LogP contribution < -0.4 is 4.90 Å². The van der Waals surface area contributed by atoms with Crippen molar-refractivity contribution in [2.45, 2.75) is 0 Å². The van der Waals surface area contributed by atoms with Gasteiger partial charge in [0, 0.05) is 18.9 Å². The first-order chi connectivity index (χ1) is 7.68. The molecule has 0 bridgehead atoms. The van der Waals surface area contributed by atoms with Gasteiger partial charge in [0.05, 0.1) is 4.47 Å². The van der Waals surface area contributed by atoms with Gasteiger partial charge in [0.25, 0.3) is 0 Å². The Labute approximate surface area is 101 Å². The van der Waals surface area contributed by atoms with Crippen LogP contribution in [0.5, 0.6) is 0 Å². The molecule has 0 N–H and O–H groups in total. The normalized spacial score (nSPS) is 10.2. The number of hydrogen-bond donors (Lipinski definition) is 0. The minimum Gasteiger partial charge on any atom is -0.328 e. The molecule has 3 nitrogen and oxygen atoms in total. The molecule has 0 unspecified atom stereocenters. The van der Waals surface area contributed by atoms with Gasteiger partial charge in [0.1, 0.15) is 12.1 Å². The van der Waals surface area contributed by atoms with Gasteiger partial charge < -0.3 is 4.90 Å². The number of rotatable bonds is 2. The molecule has 0 amide bonds. The minimum atomic E-state index is -0.251. The van der Waals surface area contributed by atoms with E-state index in [0.29, 0.717) is 0 Å². The SMILES string of the molecule is CN(c1ccc(F)cc1)c1ncncc1Br. The van der Waals surface area contributed by atoms with E-state index in [1.807, 2.05) is 11.9 Å². The molecular weight excluding hydrogens is 273 g/mol. The lowest BCUT2D eigenvalue weighted by atomic mass is 10.3. The zero-order valence-electron chi connectivity index (χ0n) is 8.56. The Morgan fingerprint density at radius 2 is 1.94 bits per heavy atom. The van der Waals surface area contributed by atoms with Crippen molar-refractivity contribution in [2.75, 3.05) is 11.9 Å². The monoisotopic (exact) mass is 281 g/mol. The molecule has 0 saturated heterocycles. The topological polar surface area (TPSA) is 29.0 Å². The highest BCUT2D eigenvalue weighted by Gasteiger charge is 2.08. The number of anilines is 2. The molecule has 0 spiro atoms. The van der Waals surface area contributed by atoms with Gasteiger partial charge in [-0.1, -0.05) is 0 Å². The third kappa shape index (κ3) is 2.19. The summed E-state index contributed by atoms with van der Waals surface area (Å²) < 4.78 is 13.6. The summed E-state index contributed by atoms with van der Waals surface area (Å²) in [4.78, 5) is 9.89. The maximum absolute atomic E-state index is 12.8. The molecular formula is C11H9BrFN3. The highest BCUT2D eigenvalue weighted by Crippen LogP contribution is 2.27. The van der Waals surface area contributed by atoms with Crippen LogP contribution in [0.4, 0.5) is 15.9 Å². The minimum absolute atomic E-state index is 0.251. The van der Waals surface area contributed by atoms with Crippen LogP contribution in [0.1, 0.15) is 0 Å². The summed E-state index contributed by atoms with van der Waals surface area (Å²) in [5, 5.41) is 0. The Kier molecular flexibility index (Phi) is 3.14. The second-order valence-corrected chi connectivity index (χ2v) is 4.08. The first-order valence-electron chi connectivity index (χ1n) is 4.63. The summed E-state index contributed by atoms with van der Waals surface area (Å²) >= 11 is 3.37. The predicted molar refractivity (Wildman–Crippen MR) is 64.2 cm³/mol. The molecule has 0 aliphatic heterocycles. The van der Waals surface area contributed by atoms with Gasteiger partial charge in [0.15, 0.2) is 5.82 Å². The smallest absolute Gasteiger partial charge is 0.150 e. The molecule has 0 atom stereocenters. The van der Waals surface area contributed by atoms with Gasteiger partial charge in [0.2, 0.25) is 0 Å². The zero-order chi connectivity index (χ0) is 11.5. The number of hydrogen-bond acceptors (Lipinski definition) is 3. The Bertz CT molecular complexity index is 487. The zero-order valence-corrected chi connectivity index (χ0v) is 10.1. The molecule has 0 saturated carbocycles. The maximum atomic E-state index is 12.8. The Balaban J connectivity index is 2.35. The second kappa shape index (κ2) is 4.57. The molecule has 0 aliphatic rings. The van der Waals surface area contributed by atoms with Gasteiger partial charge in [-0.15, -0.1) is 0 Å². The number of benzene rings is 1. The van der Waals surface area contributed by atoms with Gasteiger partial charge in [-0.3, -0.25) is 0 Å². The van der Waals surface area contributed by atoms with Gasteiger partial charge in [-0.2, -0.15) is 0 Å². The lowest BCUT2D eigenvalue weighted by molar-refractivity contribution is 0.628. The Morgan fingerprint density at radius 3 is 2.56 bits per heavy atom. The summed E-state index contributed by atoms with van der Waals surface area (Å²) in [6.45, 7) is 0. The van der Waals surface area contributed by atoms with Crippen LogP contribution in [0.3, 0.4) is 0 Å². The van der Waals surface area contributed by atoms with E-state index in [4.69, 9.17) is 0 Å². The van der Waals surface area contributed by atoms with Crippen LogP contribution >= 0.6 is 15.9 Å². The van der Waals surface area contributed by atoms with Gasteiger partial charge >= 0.3 is 0 Å². The molecule has 0 radical (unpaired) electrons. The van der Waals surface area contributed by atoms with Crippen molar-refractivity contribution in [3.8, 4) is 0 Å². The molecule has 1 aromatic heterocycles. The summed E-state index contributed by atoms with van der Waals surface area (Å²) in [5.74, 6) is 0.487. The molecule has 5 heteroatoms. The molecule has 2 aromatic rings. The lowest BCUT2D eigenvalue weighted by Gasteiger charge is -2.18. The number of halogens is 2. The van der Waals surface area contributed by atoms with Crippen molar-refractivity contribution >= 4 is 27.4 Å². The third-order valence-corrected chi connectivity index (χ3v) is 2.74. The Morgan fingerprint density at radius 1 is 1.25 bits per heavy atom. The van der Waals surface area contributed by atoms with Crippen LogP contribution in [0, 0.1) is 5.82 Å². The van der Waals surface area contributed by atoms with E-state index >= 15 is 0 Å². The quantitative estimate of drug-likeness (QED) is 0.847. The van der Waals surface area contributed by atoms with Crippen molar-refractivity contribution in [2.24, 2.45) is 0 Å². The molecule has 0 aliphatic carbocycles. The summed E-state index contributed by atoms with van der Waals surface area (Å²) in [6, 6.07) is 6.23. The first-order valence-corrected chi connectivity index (χ1v) is 5.42. The largest absolute Gasteiger partial charge is 0.328 e. The molecule has 1 aromatic carbocycles. The standard InChI is InChI=1S/C11H9BrFN3/c1-16(9-4-2-8(13)3-5-9)11-10(12)6-14-7-15-11/h2-7H,1H3. The fraction of sp³-hybridized carbons (Fsp3) is 0.0909. The predicted octanol–water partition coefficient (Wildman–Crippen LogP) is 3.15. The first kappa shape index (κ1) is 11.0. The average Bonchev–Trinajstić information content (AvgIpc) is 2.30. The van der Waals surface area contributed by atoms with E-state index in [2.05, 4.69) is 25.9 Å². The second-order valence-electron chi connectivity index (χ2n) is 3.23. The van der Waals surface area contributed by atoms with E-state index in [1.165, 1.54) is 18.5 Å². The van der Waals surface area contributed by atoms with Crippen molar-refractivity contribution in [1.29, 1.82) is 0 Å². The van der Waals surface area contributed by atoms with Crippen LogP contribution in [-0.4, -0.2) is 17.0 Å². The van der Waals surface area contributed by atoms with Crippen LogP contribution in [-0.2, 0) is 0 Å². The van der Waals surface area contributed by atoms with E-state index in [1.54, 1.807) is 18.3 Å². The molecule has 2 rings (SSSR count). The van der Waals surface area contributed by atoms with Gasteiger partial charge in [-0.25, -0.2) is 14.4 Å². The number of nitrogens with zero attached hydrogens (tertiary/aromatic N) is 3. The highest BCUT2D eigenvalue weighted by molar-refractivity contribution is 9.10. The van der Waals surface area contributed by atoms with Crippen molar-refractivity contribution in [3.63, 3.8) is 0 Å². The lowest BCUT2D eigenvalue weighted by Crippen LogP contribution is -2.11. The fourth-order valence-corrected chi connectivity index (χ4v) is 1.83. The van der Waals surface area contributed by atoms with Crippen molar-refractivity contribution < 1.29 is 4.39 Å². The van der Waals surface area contributed by atoms with Crippen molar-refractivity contribution in [3.05, 3.63) is 47.1 Å².